The fourth-order valence-electron chi connectivity index (χ4n) is 3.82. The highest BCUT2D eigenvalue weighted by atomic mass is 16.3. The van der Waals surface area contributed by atoms with Crippen molar-refractivity contribution in [3.63, 3.8) is 0 Å². The van der Waals surface area contributed by atoms with Gasteiger partial charge in [-0.05, 0) is 19.3 Å². The molecule has 0 aromatic rings. The fraction of sp³-hybridized carbons (Fsp3) is 0.920. The second kappa shape index (κ2) is 13.0. The van der Waals surface area contributed by atoms with E-state index in [0.29, 0.717) is 29.8 Å². The molecule has 0 aromatic heterocycles. The van der Waals surface area contributed by atoms with Crippen LogP contribution in [-0.2, 0) is 9.59 Å². The van der Waals surface area contributed by atoms with Crippen molar-refractivity contribution in [2.75, 3.05) is 88.7 Å². The summed E-state index contributed by atoms with van der Waals surface area (Å²) in [6.45, 7) is 10.2. The second-order valence-electron chi connectivity index (χ2n) is 12.5. The molecule has 7 nitrogen and oxygen atoms in total. The smallest absolute Gasteiger partial charge is 0.225 e. The molecule has 190 valence electrons. The van der Waals surface area contributed by atoms with Crippen LogP contribution in [0.2, 0.25) is 0 Å². The van der Waals surface area contributed by atoms with E-state index in [-0.39, 0.29) is 24.0 Å². The minimum Gasteiger partial charge on any atom is -0.390 e. The molecule has 0 radical (unpaired) electrons. The maximum Gasteiger partial charge on any atom is 0.225 e. The van der Waals surface area contributed by atoms with Crippen molar-refractivity contribution < 1.29 is 28.1 Å². The third-order valence-electron chi connectivity index (χ3n) is 6.81. The highest BCUT2D eigenvalue weighted by molar-refractivity contribution is 5.81. The topological polar surface area (TPSA) is 66.4 Å². The van der Waals surface area contributed by atoms with E-state index in [1.165, 1.54) is 0 Å². The van der Waals surface area contributed by atoms with Crippen LogP contribution >= 0.6 is 0 Å². The number of rotatable bonds is 17. The van der Waals surface area contributed by atoms with E-state index in [1.54, 1.807) is 0 Å². The summed E-state index contributed by atoms with van der Waals surface area (Å²) in [5, 5.41) is 12.8. The molecule has 1 unspecified atom stereocenters. The van der Waals surface area contributed by atoms with E-state index in [1.807, 2.05) is 20.8 Å². The number of aliphatic hydroxyl groups excluding tert-OH is 1. The molecule has 0 spiro atoms. The third-order valence-corrected chi connectivity index (χ3v) is 6.81. The highest BCUT2D eigenvalue weighted by Gasteiger charge is 2.31. The molecule has 0 saturated heterocycles. The minimum atomic E-state index is -0.321. The Morgan fingerprint density at radius 2 is 1.47 bits per heavy atom. The maximum atomic E-state index is 12.5. The summed E-state index contributed by atoms with van der Waals surface area (Å²) in [6, 6.07) is 0.211. The number of amides is 1. The Kier molecular flexibility index (Phi) is 12.6. The summed E-state index contributed by atoms with van der Waals surface area (Å²) >= 11 is 0. The van der Waals surface area contributed by atoms with Gasteiger partial charge in [0.05, 0.1) is 62.4 Å². The first-order valence-corrected chi connectivity index (χ1v) is 12.3. The van der Waals surface area contributed by atoms with Gasteiger partial charge in [0.25, 0.3) is 0 Å². The Morgan fingerprint density at radius 1 is 0.906 bits per heavy atom. The summed E-state index contributed by atoms with van der Waals surface area (Å²) < 4.78 is 2.27. The van der Waals surface area contributed by atoms with Gasteiger partial charge in [0.1, 0.15) is 19.7 Å². The average molecular weight is 460 g/mol. The zero-order valence-electron chi connectivity index (χ0n) is 23.0. The van der Waals surface area contributed by atoms with Gasteiger partial charge in [-0.25, -0.2) is 0 Å². The maximum absolute atomic E-state index is 12.5. The summed E-state index contributed by atoms with van der Waals surface area (Å²) in [4.78, 5) is 24.7. The molecule has 1 atom stereocenters. The van der Waals surface area contributed by atoms with E-state index in [9.17, 15) is 14.7 Å². The lowest BCUT2D eigenvalue weighted by atomic mass is 9.89. The summed E-state index contributed by atoms with van der Waals surface area (Å²) in [7, 11) is 15.0. The molecule has 0 saturated carbocycles. The largest absolute Gasteiger partial charge is 0.390 e. The number of likely N-dealkylation sites (N-methyl/N-ethyl adjacent to an activating group) is 3. The van der Waals surface area contributed by atoms with E-state index in [4.69, 9.17) is 0 Å². The van der Waals surface area contributed by atoms with Crippen LogP contribution in [0.25, 0.3) is 0 Å². The zero-order valence-corrected chi connectivity index (χ0v) is 23.0. The fourth-order valence-corrected chi connectivity index (χ4v) is 3.82. The van der Waals surface area contributed by atoms with Crippen LogP contribution in [0.4, 0.5) is 0 Å². The Balaban J connectivity index is 4.25. The number of nitrogens with one attached hydrogen (secondary N) is 1. The number of ketones is 1. The van der Waals surface area contributed by atoms with E-state index >= 15 is 0 Å². The molecule has 32 heavy (non-hydrogen) atoms. The van der Waals surface area contributed by atoms with Gasteiger partial charge in [0.2, 0.25) is 5.91 Å². The molecular weight excluding hydrogens is 404 g/mol. The number of aliphatic hydroxyl groups is 1. The lowest BCUT2D eigenvalue weighted by Gasteiger charge is -2.39. The molecule has 0 aliphatic rings. The highest BCUT2D eigenvalue weighted by Crippen LogP contribution is 2.19. The van der Waals surface area contributed by atoms with Gasteiger partial charge >= 0.3 is 0 Å². The quantitative estimate of drug-likeness (QED) is 0.258. The van der Waals surface area contributed by atoms with Crippen molar-refractivity contribution in [3.8, 4) is 0 Å². The first-order valence-electron chi connectivity index (χ1n) is 12.3. The van der Waals surface area contributed by atoms with Crippen LogP contribution < -0.4 is 5.32 Å². The lowest BCUT2D eigenvalue weighted by Crippen LogP contribution is -2.57. The van der Waals surface area contributed by atoms with Gasteiger partial charge in [0, 0.05) is 24.8 Å². The Hall–Kier alpha value is -1.02. The number of hydrogen-bond acceptors (Lipinski definition) is 3. The monoisotopic (exact) mass is 459 g/mol. The van der Waals surface area contributed by atoms with Crippen LogP contribution in [-0.4, -0.2) is 125 Å². The molecule has 7 heteroatoms. The molecular formula is C25H55N4O3+3. The molecule has 0 aliphatic carbocycles. The average Bonchev–Trinajstić information content (AvgIpc) is 2.65. The number of hydrogen-bond donors (Lipinski definition) is 2. The molecule has 0 heterocycles. The van der Waals surface area contributed by atoms with Crippen LogP contribution in [0.15, 0.2) is 0 Å². The number of unbranched alkanes of at least 4 members (excludes halogenated alkanes) is 1. The lowest BCUT2D eigenvalue weighted by molar-refractivity contribution is -0.955. The molecule has 0 fully saturated rings. The minimum absolute atomic E-state index is 0.106. The SMILES string of the molecule is CCC(C)(C)C(=O)NCCC[N+](C)(C)CC(=O)CCCC[N+](C)(C)CC(CO)[N+](C)(C)C. The second-order valence-corrected chi connectivity index (χ2v) is 12.5. The van der Waals surface area contributed by atoms with Crippen LogP contribution in [0.1, 0.15) is 52.9 Å². The zero-order chi connectivity index (χ0) is 25.2. The first kappa shape index (κ1) is 31.0. The van der Waals surface area contributed by atoms with Crippen LogP contribution in [0.3, 0.4) is 0 Å². The Bertz CT molecular complexity index is 580. The van der Waals surface area contributed by atoms with Crippen molar-refractivity contribution in [1.29, 1.82) is 0 Å². The van der Waals surface area contributed by atoms with Crippen molar-refractivity contribution in [2.45, 2.75) is 58.9 Å². The molecule has 2 N–H and O–H groups in total. The predicted molar refractivity (Wildman–Crippen MR) is 133 cm³/mol. The van der Waals surface area contributed by atoms with Crippen molar-refractivity contribution in [3.05, 3.63) is 0 Å². The van der Waals surface area contributed by atoms with Crippen LogP contribution in [0, 0.1) is 5.41 Å². The molecule has 0 bridgehead atoms. The van der Waals surface area contributed by atoms with Crippen molar-refractivity contribution in [1.82, 2.24) is 5.32 Å². The van der Waals surface area contributed by atoms with E-state index in [2.05, 4.69) is 54.7 Å². The number of quaternary nitrogens is 3. The number of carbonyl (C=O) groups excluding carboxylic acids is 2. The number of carbonyl (C=O) groups is 2. The third kappa shape index (κ3) is 12.9. The van der Waals surface area contributed by atoms with E-state index < -0.39 is 0 Å². The van der Waals surface area contributed by atoms with Gasteiger partial charge in [-0.15, -0.1) is 0 Å². The Morgan fingerprint density at radius 3 is 1.97 bits per heavy atom. The normalized spacial score (nSPS) is 14.3. The van der Waals surface area contributed by atoms with Gasteiger partial charge < -0.3 is 23.9 Å². The van der Waals surface area contributed by atoms with Gasteiger partial charge in [-0.2, -0.15) is 0 Å². The van der Waals surface area contributed by atoms with Crippen molar-refractivity contribution >= 4 is 11.7 Å². The molecule has 0 aliphatic heterocycles. The Labute approximate surface area is 198 Å². The van der Waals surface area contributed by atoms with Crippen molar-refractivity contribution in [2.24, 2.45) is 5.41 Å². The van der Waals surface area contributed by atoms with Gasteiger partial charge in [0.15, 0.2) is 11.8 Å². The van der Waals surface area contributed by atoms with Gasteiger partial charge in [-0.1, -0.05) is 20.8 Å². The molecule has 0 rings (SSSR count). The first-order chi connectivity index (χ1) is 14.5. The predicted octanol–water partition coefficient (Wildman–Crippen LogP) is 1.89. The number of Topliss-reactive ketones (excluding diaryl/α,β-unsaturated/α-hetero) is 1. The van der Waals surface area contributed by atoms with E-state index in [0.717, 1.165) is 54.3 Å². The van der Waals surface area contributed by atoms with Crippen LogP contribution in [0.5, 0.6) is 0 Å². The standard InChI is InChI=1S/C25H54N4O3/c1-11-25(2,3)24(32)26-16-14-18-29(9,10)20-23(31)15-12-13-17-28(7,8)19-22(21-30)27(4,5)6/h22,30H,11-21H2,1-10H3/q+2/p+1. The molecule has 1 amide bonds. The summed E-state index contributed by atoms with van der Waals surface area (Å²) in [6.07, 6.45) is 4.25. The molecule has 0 aromatic carbocycles. The summed E-state index contributed by atoms with van der Waals surface area (Å²) in [5.74, 6) is 0.422. The van der Waals surface area contributed by atoms with Gasteiger partial charge in [-0.3, -0.25) is 9.59 Å². The summed E-state index contributed by atoms with van der Waals surface area (Å²) in [5.41, 5.74) is -0.321. The number of nitrogens with zero attached hydrogens (tertiary/aromatic N) is 3.